The molecule has 0 saturated carbocycles. The van der Waals surface area contributed by atoms with Crippen molar-refractivity contribution >= 4 is 22.9 Å². The molecule has 0 bridgehead atoms. The molecule has 0 aliphatic rings. The van der Waals surface area contributed by atoms with Gasteiger partial charge in [0.25, 0.3) is 0 Å². The van der Waals surface area contributed by atoms with Crippen molar-refractivity contribution in [1.82, 2.24) is 4.98 Å². The minimum Gasteiger partial charge on any atom is -0.481 e. The lowest BCUT2D eigenvalue weighted by molar-refractivity contribution is 0.397. The van der Waals surface area contributed by atoms with Gasteiger partial charge in [-0.2, -0.15) is 0 Å². The number of anilines is 1. The van der Waals surface area contributed by atoms with E-state index in [9.17, 15) is 4.39 Å². The van der Waals surface area contributed by atoms with Crippen molar-refractivity contribution in [2.24, 2.45) is 5.73 Å². The molecule has 0 radical (unpaired) electrons. The van der Waals surface area contributed by atoms with Crippen molar-refractivity contribution in [2.75, 3.05) is 12.4 Å². The van der Waals surface area contributed by atoms with Gasteiger partial charge < -0.3 is 15.8 Å². The summed E-state index contributed by atoms with van der Waals surface area (Å²) in [5, 5.41) is 2.99. The number of thiocarbonyl (C=S) groups is 1. The normalized spacial score (nSPS) is 10.1. The van der Waals surface area contributed by atoms with E-state index in [1.807, 2.05) is 6.07 Å². The topological polar surface area (TPSA) is 60.2 Å². The molecular weight excluding hydrogens is 277 g/mol. The Hall–Kier alpha value is -2.21. The number of benzene rings is 1. The Labute approximate surface area is 121 Å². The molecule has 4 nitrogen and oxygen atoms in total. The number of nitrogens with two attached hydrogens (primary N) is 1. The molecule has 1 aromatic carbocycles. The number of nitrogens with zero attached hydrogens (tertiary/aromatic N) is 1. The maximum absolute atomic E-state index is 13.8. The number of hydrogen-bond donors (Lipinski definition) is 2. The lowest BCUT2D eigenvalue weighted by Gasteiger charge is -2.09. The number of methoxy groups -OCH3 is 1. The van der Waals surface area contributed by atoms with E-state index in [2.05, 4.69) is 10.3 Å². The molecule has 0 spiro atoms. The van der Waals surface area contributed by atoms with Gasteiger partial charge in [0, 0.05) is 24.4 Å². The zero-order valence-electron chi connectivity index (χ0n) is 10.9. The van der Waals surface area contributed by atoms with Gasteiger partial charge in [0.05, 0.1) is 12.8 Å². The number of aromatic nitrogens is 1. The summed E-state index contributed by atoms with van der Waals surface area (Å²) in [6.45, 7) is 0.459. The van der Waals surface area contributed by atoms with Crippen molar-refractivity contribution in [1.29, 1.82) is 0 Å². The van der Waals surface area contributed by atoms with Crippen LogP contribution in [0.4, 0.5) is 10.1 Å². The average molecular weight is 291 g/mol. The quantitative estimate of drug-likeness (QED) is 0.829. The van der Waals surface area contributed by atoms with E-state index < -0.39 is 5.82 Å². The number of pyridine rings is 1. The van der Waals surface area contributed by atoms with Crippen LogP contribution >= 0.6 is 12.2 Å². The maximum Gasteiger partial charge on any atom is 0.212 e. The van der Waals surface area contributed by atoms with Crippen molar-refractivity contribution < 1.29 is 9.13 Å². The van der Waals surface area contributed by atoms with Gasteiger partial charge in [0.1, 0.15) is 10.8 Å². The fourth-order valence-electron chi connectivity index (χ4n) is 1.65. The molecule has 3 N–H and O–H groups in total. The Bertz CT molecular complexity index is 616. The standard InChI is InChI=1S/C14H14FN3OS/c1-19-13-5-2-9(8-18-13)7-17-12-4-3-10(14(16)20)6-11(12)15/h2-6,8,17H,7H2,1H3,(H2,16,20). The smallest absolute Gasteiger partial charge is 0.212 e. The second-order valence-electron chi connectivity index (χ2n) is 4.12. The summed E-state index contributed by atoms with van der Waals surface area (Å²) in [5.41, 5.74) is 7.27. The molecule has 1 aromatic heterocycles. The van der Waals surface area contributed by atoms with Gasteiger partial charge in [-0.05, 0) is 23.8 Å². The number of halogens is 1. The monoisotopic (exact) mass is 291 g/mol. The maximum atomic E-state index is 13.8. The fourth-order valence-corrected chi connectivity index (χ4v) is 1.77. The van der Waals surface area contributed by atoms with Crippen LogP contribution in [0, 0.1) is 5.82 Å². The highest BCUT2D eigenvalue weighted by atomic mass is 32.1. The Kier molecular flexibility index (Phi) is 4.47. The second kappa shape index (κ2) is 6.29. The van der Waals surface area contributed by atoms with Crippen LogP contribution in [0.2, 0.25) is 0 Å². The molecule has 0 aliphatic carbocycles. The Balaban J connectivity index is 2.04. The molecule has 1 heterocycles. The van der Waals surface area contributed by atoms with Crippen molar-refractivity contribution in [3.8, 4) is 5.88 Å². The van der Waals surface area contributed by atoms with Gasteiger partial charge in [-0.25, -0.2) is 9.37 Å². The lowest BCUT2D eigenvalue weighted by Crippen LogP contribution is -2.10. The number of hydrogen-bond acceptors (Lipinski definition) is 4. The van der Waals surface area contributed by atoms with Crippen LogP contribution in [0.25, 0.3) is 0 Å². The van der Waals surface area contributed by atoms with E-state index in [-0.39, 0.29) is 4.99 Å². The minimum absolute atomic E-state index is 0.176. The first-order valence-corrected chi connectivity index (χ1v) is 6.33. The van der Waals surface area contributed by atoms with Crippen LogP contribution in [-0.4, -0.2) is 17.1 Å². The molecule has 0 unspecified atom stereocenters. The highest BCUT2D eigenvalue weighted by Gasteiger charge is 2.05. The summed E-state index contributed by atoms with van der Waals surface area (Å²) in [6, 6.07) is 8.22. The molecular formula is C14H14FN3OS. The molecule has 0 amide bonds. The third-order valence-corrected chi connectivity index (χ3v) is 2.98. The molecule has 0 saturated heterocycles. The zero-order valence-corrected chi connectivity index (χ0v) is 11.7. The van der Waals surface area contributed by atoms with E-state index >= 15 is 0 Å². The molecule has 0 aliphatic heterocycles. The minimum atomic E-state index is -0.392. The fraction of sp³-hybridized carbons (Fsp3) is 0.143. The molecule has 0 atom stereocenters. The summed E-state index contributed by atoms with van der Waals surface area (Å²) >= 11 is 4.80. The van der Waals surface area contributed by atoms with E-state index in [1.54, 1.807) is 31.5 Å². The van der Waals surface area contributed by atoms with Crippen LogP contribution in [0.1, 0.15) is 11.1 Å². The third kappa shape index (κ3) is 3.42. The first-order valence-electron chi connectivity index (χ1n) is 5.92. The molecule has 0 fully saturated rings. The summed E-state index contributed by atoms with van der Waals surface area (Å²) < 4.78 is 18.8. The highest BCUT2D eigenvalue weighted by molar-refractivity contribution is 7.80. The third-order valence-electron chi connectivity index (χ3n) is 2.74. The van der Waals surface area contributed by atoms with Crippen molar-refractivity contribution in [2.45, 2.75) is 6.54 Å². The first-order chi connectivity index (χ1) is 9.60. The molecule has 2 rings (SSSR count). The molecule has 2 aromatic rings. The summed E-state index contributed by atoms with van der Waals surface area (Å²) in [4.78, 5) is 4.26. The van der Waals surface area contributed by atoms with Crippen LogP contribution < -0.4 is 15.8 Å². The highest BCUT2D eigenvalue weighted by Crippen LogP contribution is 2.17. The van der Waals surface area contributed by atoms with E-state index in [0.717, 1.165) is 5.56 Å². The zero-order chi connectivity index (χ0) is 14.5. The predicted molar refractivity (Wildman–Crippen MR) is 80.4 cm³/mol. The van der Waals surface area contributed by atoms with Gasteiger partial charge in [-0.15, -0.1) is 0 Å². The van der Waals surface area contributed by atoms with Crippen LogP contribution in [0.15, 0.2) is 36.5 Å². The number of ether oxygens (including phenoxy) is 1. The average Bonchev–Trinajstić information content (AvgIpc) is 2.46. The number of rotatable bonds is 5. The van der Waals surface area contributed by atoms with Crippen LogP contribution in [0.5, 0.6) is 5.88 Å². The van der Waals surface area contributed by atoms with Crippen molar-refractivity contribution in [3.63, 3.8) is 0 Å². The predicted octanol–water partition coefficient (Wildman–Crippen LogP) is 2.48. The second-order valence-corrected chi connectivity index (χ2v) is 4.56. The lowest BCUT2D eigenvalue weighted by atomic mass is 10.2. The van der Waals surface area contributed by atoms with Crippen molar-refractivity contribution in [3.05, 3.63) is 53.5 Å². The van der Waals surface area contributed by atoms with Gasteiger partial charge >= 0.3 is 0 Å². The van der Waals surface area contributed by atoms with Gasteiger partial charge in [-0.3, -0.25) is 0 Å². The summed E-state index contributed by atoms with van der Waals surface area (Å²) in [6.07, 6.45) is 1.67. The van der Waals surface area contributed by atoms with Crippen LogP contribution in [-0.2, 0) is 6.54 Å². The summed E-state index contributed by atoms with van der Waals surface area (Å²) in [5.74, 6) is 0.150. The van der Waals surface area contributed by atoms with E-state index in [1.165, 1.54) is 6.07 Å². The summed E-state index contributed by atoms with van der Waals surface area (Å²) in [7, 11) is 1.55. The number of nitrogens with one attached hydrogen (secondary N) is 1. The largest absolute Gasteiger partial charge is 0.481 e. The van der Waals surface area contributed by atoms with Gasteiger partial charge in [0.15, 0.2) is 0 Å². The van der Waals surface area contributed by atoms with Gasteiger partial charge in [-0.1, -0.05) is 18.3 Å². The van der Waals surface area contributed by atoms with E-state index in [0.29, 0.717) is 23.7 Å². The Morgan fingerprint density at radius 1 is 1.40 bits per heavy atom. The van der Waals surface area contributed by atoms with Crippen LogP contribution in [0.3, 0.4) is 0 Å². The SMILES string of the molecule is COc1ccc(CNc2ccc(C(N)=S)cc2F)cn1. The molecule has 104 valence electrons. The molecule has 6 heteroatoms. The Morgan fingerprint density at radius 2 is 2.20 bits per heavy atom. The Morgan fingerprint density at radius 3 is 2.75 bits per heavy atom. The van der Waals surface area contributed by atoms with E-state index in [4.69, 9.17) is 22.7 Å². The molecule has 20 heavy (non-hydrogen) atoms. The first kappa shape index (κ1) is 14.2. The van der Waals surface area contributed by atoms with Gasteiger partial charge in [0.2, 0.25) is 5.88 Å².